The highest BCUT2D eigenvalue weighted by molar-refractivity contribution is 7.07. The third kappa shape index (κ3) is 4.18. The lowest BCUT2D eigenvalue weighted by Gasteiger charge is -2.33. The summed E-state index contributed by atoms with van der Waals surface area (Å²) in [5, 5.41) is 2.11. The minimum atomic E-state index is 0.414. The molecule has 1 aliphatic rings. The van der Waals surface area contributed by atoms with E-state index in [4.69, 9.17) is 9.97 Å². The minimum absolute atomic E-state index is 0.414. The highest BCUT2D eigenvalue weighted by atomic mass is 32.1. The molecular weight excluding hydrogens is 356 g/mol. The fraction of sp³-hybridized carbons (Fsp3) is 0.500. The third-order valence-electron chi connectivity index (χ3n) is 5.03. The highest BCUT2D eigenvalue weighted by Gasteiger charge is 2.26. The molecule has 0 bridgehead atoms. The summed E-state index contributed by atoms with van der Waals surface area (Å²) in [6, 6.07) is 2.11. The zero-order chi connectivity index (χ0) is 18.6. The van der Waals surface area contributed by atoms with Gasteiger partial charge in [-0.25, -0.2) is 19.9 Å². The molecule has 27 heavy (non-hydrogen) atoms. The lowest BCUT2D eigenvalue weighted by Crippen LogP contribution is -2.36. The molecule has 0 aromatic carbocycles. The smallest absolute Gasteiger partial charge is 0.132 e. The SMILES string of the molecule is CCCc1nc(C)cc(N2CCC[C@H](c3nccn3Cc3cscn3)C2)n1. The van der Waals surface area contributed by atoms with Crippen LogP contribution in [0.2, 0.25) is 0 Å². The lowest BCUT2D eigenvalue weighted by molar-refractivity contribution is 0.473. The van der Waals surface area contributed by atoms with E-state index in [1.54, 1.807) is 11.3 Å². The van der Waals surface area contributed by atoms with Gasteiger partial charge in [-0.1, -0.05) is 6.92 Å². The largest absolute Gasteiger partial charge is 0.356 e. The average Bonchev–Trinajstić information content (AvgIpc) is 3.34. The van der Waals surface area contributed by atoms with Gasteiger partial charge < -0.3 is 9.47 Å². The molecule has 3 aromatic heterocycles. The van der Waals surface area contributed by atoms with Crippen LogP contribution in [0, 0.1) is 6.92 Å². The van der Waals surface area contributed by atoms with Crippen LogP contribution in [-0.2, 0) is 13.0 Å². The normalized spacial score (nSPS) is 17.4. The number of thiazole rings is 1. The molecule has 0 spiro atoms. The van der Waals surface area contributed by atoms with Gasteiger partial charge in [0.15, 0.2) is 0 Å². The fourth-order valence-corrected chi connectivity index (χ4v) is 4.36. The molecule has 4 heterocycles. The molecule has 0 aliphatic carbocycles. The predicted molar refractivity (Wildman–Crippen MR) is 108 cm³/mol. The molecule has 0 amide bonds. The number of rotatable bonds is 6. The Bertz CT molecular complexity index is 872. The van der Waals surface area contributed by atoms with Gasteiger partial charge in [-0.3, -0.25) is 0 Å². The Morgan fingerprint density at radius 2 is 2.19 bits per heavy atom. The van der Waals surface area contributed by atoms with Crippen molar-refractivity contribution >= 4 is 17.2 Å². The van der Waals surface area contributed by atoms with Gasteiger partial charge in [-0.15, -0.1) is 11.3 Å². The molecule has 1 saturated heterocycles. The van der Waals surface area contributed by atoms with Gasteiger partial charge in [0.25, 0.3) is 0 Å². The van der Waals surface area contributed by atoms with E-state index in [0.717, 1.165) is 74.2 Å². The molecule has 1 fully saturated rings. The number of anilines is 1. The number of hydrogen-bond donors (Lipinski definition) is 0. The van der Waals surface area contributed by atoms with Crippen LogP contribution in [0.15, 0.2) is 29.4 Å². The third-order valence-corrected chi connectivity index (χ3v) is 5.67. The average molecular weight is 383 g/mol. The van der Waals surface area contributed by atoms with Crippen molar-refractivity contribution in [2.24, 2.45) is 0 Å². The van der Waals surface area contributed by atoms with E-state index in [-0.39, 0.29) is 0 Å². The Hall–Kier alpha value is -2.28. The summed E-state index contributed by atoms with van der Waals surface area (Å²) in [5.41, 5.74) is 4.04. The van der Waals surface area contributed by atoms with Crippen molar-refractivity contribution in [1.29, 1.82) is 0 Å². The van der Waals surface area contributed by atoms with E-state index < -0.39 is 0 Å². The van der Waals surface area contributed by atoms with Gasteiger partial charge in [0, 0.05) is 55.0 Å². The number of nitrogens with zero attached hydrogens (tertiary/aromatic N) is 6. The maximum absolute atomic E-state index is 4.82. The van der Waals surface area contributed by atoms with Crippen molar-refractivity contribution in [2.75, 3.05) is 18.0 Å². The van der Waals surface area contributed by atoms with Crippen LogP contribution in [0.4, 0.5) is 5.82 Å². The first-order valence-electron chi connectivity index (χ1n) is 9.70. The van der Waals surface area contributed by atoms with Crippen molar-refractivity contribution in [2.45, 2.75) is 52.0 Å². The maximum Gasteiger partial charge on any atom is 0.132 e. The van der Waals surface area contributed by atoms with Crippen LogP contribution < -0.4 is 4.90 Å². The topological polar surface area (TPSA) is 59.7 Å². The molecule has 0 radical (unpaired) electrons. The van der Waals surface area contributed by atoms with Crippen molar-refractivity contribution in [1.82, 2.24) is 24.5 Å². The molecule has 1 aliphatic heterocycles. The molecule has 7 heteroatoms. The van der Waals surface area contributed by atoms with Crippen molar-refractivity contribution in [3.63, 3.8) is 0 Å². The van der Waals surface area contributed by atoms with E-state index in [1.807, 2.05) is 11.7 Å². The van der Waals surface area contributed by atoms with Crippen LogP contribution in [-0.4, -0.2) is 37.6 Å². The summed E-state index contributed by atoms with van der Waals surface area (Å²) in [6.07, 6.45) is 8.30. The van der Waals surface area contributed by atoms with E-state index in [1.165, 1.54) is 0 Å². The summed E-state index contributed by atoms with van der Waals surface area (Å²) in [6.45, 7) is 7.03. The number of piperidine rings is 1. The second-order valence-electron chi connectivity index (χ2n) is 7.21. The Morgan fingerprint density at radius 3 is 3.00 bits per heavy atom. The molecule has 1 atom stereocenters. The van der Waals surface area contributed by atoms with Gasteiger partial charge >= 0.3 is 0 Å². The lowest BCUT2D eigenvalue weighted by atomic mass is 9.97. The van der Waals surface area contributed by atoms with Crippen LogP contribution in [0.3, 0.4) is 0 Å². The Labute approximate surface area is 164 Å². The summed E-state index contributed by atoms with van der Waals surface area (Å²) in [7, 11) is 0. The van der Waals surface area contributed by atoms with Crippen molar-refractivity contribution in [3.8, 4) is 0 Å². The first-order chi connectivity index (χ1) is 13.2. The van der Waals surface area contributed by atoms with Gasteiger partial charge in [-0.05, 0) is 26.2 Å². The van der Waals surface area contributed by atoms with Crippen molar-refractivity contribution in [3.05, 3.63) is 52.4 Å². The quantitative estimate of drug-likeness (QED) is 0.648. The first kappa shape index (κ1) is 18.1. The molecule has 142 valence electrons. The number of aromatic nitrogens is 5. The van der Waals surface area contributed by atoms with Crippen molar-refractivity contribution < 1.29 is 0 Å². The second-order valence-corrected chi connectivity index (χ2v) is 7.93. The van der Waals surface area contributed by atoms with E-state index >= 15 is 0 Å². The fourth-order valence-electron chi connectivity index (χ4n) is 3.81. The number of imidazole rings is 1. The molecule has 0 N–H and O–H groups in total. The summed E-state index contributed by atoms with van der Waals surface area (Å²) in [5.74, 6) is 3.59. The molecule has 0 unspecified atom stereocenters. The van der Waals surface area contributed by atoms with Gasteiger partial charge in [0.2, 0.25) is 0 Å². The second kappa shape index (κ2) is 8.17. The molecule has 4 rings (SSSR count). The minimum Gasteiger partial charge on any atom is -0.356 e. The van der Waals surface area contributed by atoms with Crippen LogP contribution in [0.25, 0.3) is 0 Å². The first-order valence-corrected chi connectivity index (χ1v) is 10.6. The maximum atomic E-state index is 4.82. The highest BCUT2D eigenvalue weighted by Crippen LogP contribution is 2.29. The van der Waals surface area contributed by atoms with Crippen LogP contribution in [0.5, 0.6) is 0 Å². The Kier molecular flexibility index (Phi) is 5.48. The van der Waals surface area contributed by atoms with E-state index in [9.17, 15) is 0 Å². The molecule has 0 saturated carbocycles. The summed E-state index contributed by atoms with van der Waals surface area (Å²) < 4.78 is 2.25. The van der Waals surface area contributed by atoms with Crippen LogP contribution in [0.1, 0.15) is 55.1 Å². The van der Waals surface area contributed by atoms with Gasteiger partial charge in [0.1, 0.15) is 17.5 Å². The van der Waals surface area contributed by atoms with Gasteiger partial charge in [-0.2, -0.15) is 0 Å². The monoisotopic (exact) mass is 382 g/mol. The molecule has 6 nitrogen and oxygen atoms in total. The molecule has 3 aromatic rings. The Balaban J connectivity index is 1.53. The number of hydrogen-bond acceptors (Lipinski definition) is 6. The summed E-state index contributed by atoms with van der Waals surface area (Å²) in [4.78, 5) is 20.9. The predicted octanol–water partition coefficient (Wildman–Crippen LogP) is 3.82. The van der Waals surface area contributed by atoms with Crippen LogP contribution >= 0.6 is 11.3 Å². The van der Waals surface area contributed by atoms with E-state index in [2.05, 4.69) is 50.9 Å². The zero-order valence-electron chi connectivity index (χ0n) is 16.0. The zero-order valence-corrected chi connectivity index (χ0v) is 16.8. The Morgan fingerprint density at radius 1 is 1.26 bits per heavy atom. The number of aryl methyl sites for hydroxylation is 2. The van der Waals surface area contributed by atoms with Gasteiger partial charge in [0.05, 0.1) is 17.7 Å². The van der Waals surface area contributed by atoms with E-state index in [0.29, 0.717) is 5.92 Å². The summed E-state index contributed by atoms with van der Waals surface area (Å²) >= 11 is 1.64. The standard InChI is InChI=1S/C20H26N6S/c1-3-5-18-23-15(2)10-19(24-18)25-8-4-6-16(11-25)20-21-7-9-26(20)12-17-13-27-14-22-17/h7,9-10,13-14,16H,3-6,8,11-12H2,1-2H3/t16-/m0/s1. The molecular formula is C20H26N6S.